The van der Waals surface area contributed by atoms with E-state index in [4.69, 9.17) is 0 Å². The third kappa shape index (κ3) is 6.24. The molecule has 2 saturated carbocycles. The zero-order valence-corrected chi connectivity index (χ0v) is 22.9. The quantitative estimate of drug-likeness (QED) is 0.260. The van der Waals surface area contributed by atoms with Crippen molar-refractivity contribution in [3.8, 4) is 6.07 Å². The molecule has 3 rings (SSSR count). The molecule has 3 heteroatoms. The third-order valence-corrected chi connectivity index (χ3v) is 9.71. The van der Waals surface area contributed by atoms with Crippen LogP contribution < -0.4 is 0 Å². The molecule has 3 nitrogen and oxygen atoms in total. The minimum Gasteiger partial charge on any atom is -0.396 e. The summed E-state index contributed by atoms with van der Waals surface area (Å²) in [5.41, 5.74) is 6.40. The summed E-state index contributed by atoms with van der Waals surface area (Å²) in [6, 6.07) is 2.46. The van der Waals surface area contributed by atoms with Crippen LogP contribution in [0.15, 0.2) is 22.3 Å². The van der Waals surface area contributed by atoms with Crippen molar-refractivity contribution in [1.82, 2.24) is 0 Å². The molecule has 0 amide bonds. The molecule has 0 bridgehead atoms. The van der Waals surface area contributed by atoms with Crippen LogP contribution in [-0.4, -0.2) is 23.4 Å². The number of hydrogen-bond donors (Lipinski definition) is 2. The van der Waals surface area contributed by atoms with Crippen LogP contribution in [0.4, 0.5) is 0 Å². The van der Waals surface area contributed by atoms with E-state index in [9.17, 15) is 15.5 Å². The highest BCUT2D eigenvalue weighted by molar-refractivity contribution is 5.49. The molecule has 2 unspecified atom stereocenters. The van der Waals surface area contributed by atoms with Gasteiger partial charge in [-0.05, 0) is 99.5 Å². The maximum Gasteiger partial charge on any atom is 0.0625 e. The van der Waals surface area contributed by atoms with Crippen molar-refractivity contribution in [1.29, 1.82) is 5.26 Å². The molecule has 3 aliphatic carbocycles. The number of aliphatic hydroxyl groups is 2. The summed E-state index contributed by atoms with van der Waals surface area (Å²) in [4.78, 5) is 0. The molecular formula is C32H53NO2. The highest BCUT2D eigenvalue weighted by atomic mass is 16.3. The number of rotatable bonds is 14. The second-order valence-corrected chi connectivity index (χ2v) is 11.7. The predicted octanol–water partition coefficient (Wildman–Crippen LogP) is 8.42. The number of nitrogens with zero attached hydrogens (tertiary/aromatic N) is 1. The number of nitriles is 1. The normalized spacial score (nSPS) is 26.5. The summed E-state index contributed by atoms with van der Waals surface area (Å²) in [6.45, 7) is 5.11. The van der Waals surface area contributed by atoms with Crippen molar-refractivity contribution in [3.63, 3.8) is 0 Å². The van der Waals surface area contributed by atoms with Crippen LogP contribution in [0, 0.1) is 34.5 Å². The average molecular weight is 484 g/mol. The van der Waals surface area contributed by atoms with E-state index in [1.165, 1.54) is 101 Å². The van der Waals surface area contributed by atoms with Crippen LogP contribution >= 0.6 is 0 Å². The van der Waals surface area contributed by atoms with E-state index in [0.717, 1.165) is 31.1 Å². The van der Waals surface area contributed by atoms with E-state index >= 15 is 0 Å². The number of hydrogen-bond acceptors (Lipinski definition) is 3. The van der Waals surface area contributed by atoms with Crippen molar-refractivity contribution in [2.24, 2.45) is 23.2 Å². The van der Waals surface area contributed by atoms with E-state index in [-0.39, 0.29) is 18.6 Å². The molecule has 0 aliphatic heterocycles. The Morgan fingerprint density at radius 1 is 0.800 bits per heavy atom. The van der Waals surface area contributed by atoms with E-state index in [0.29, 0.717) is 18.8 Å². The van der Waals surface area contributed by atoms with E-state index < -0.39 is 0 Å². The summed E-state index contributed by atoms with van der Waals surface area (Å²) in [6.07, 6.45) is 22.2. The fourth-order valence-electron chi connectivity index (χ4n) is 8.60. The zero-order chi connectivity index (χ0) is 25.1. The molecule has 0 saturated heterocycles. The molecule has 35 heavy (non-hydrogen) atoms. The third-order valence-electron chi connectivity index (χ3n) is 9.71. The first-order valence-corrected chi connectivity index (χ1v) is 15.2. The summed E-state index contributed by atoms with van der Waals surface area (Å²) in [5.74, 6) is 2.05. The Labute approximate surface area is 216 Å². The lowest BCUT2D eigenvalue weighted by Crippen LogP contribution is -2.47. The van der Waals surface area contributed by atoms with Crippen LogP contribution in [0.2, 0.25) is 0 Å². The smallest absolute Gasteiger partial charge is 0.0625 e. The molecule has 3 aliphatic rings. The molecule has 2 atom stereocenters. The molecule has 0 spiro atoms. The lowest BCUT2D eigenvalue weighted by molar-refractivity contribution is 0.0451. The lowest BCUT2D eigenvalue weighted by Gasteiger charge is -2.57. The second kappa shape index (κ2) is 14.6. The van der Waals surface area contributed by atoms with Crippen LogP contribution in [0.3, 0.4) is 0 Å². The number of aliphatic hydroxyl groups excluding tert-OH is 2. The minimum atomic E-state index is 0.177. The molecule has 0 aromatic carbocycles. The van der Waals surface area contributed by atoms with Gasteiger partial charge in [-0.15, -0.1) is 0 Å². The van der Waals surface area contributed by atoms with Gasteiger partial charge in [0.05, 0.1) is 6.07 Å². The zero-order valence-electron chi connectivity index (χ0n) is 22.9. The Hall–Kier alpha value is -1.11. The molecule has 0 radical (unpaired) electrons. The molecule has 2 N–H and O–H groups in total. The molecule has 2 fully saturated rings. The second-order valence-electron chi connectivity index (χ2n) is 11.7. The molecule has 0 aromatic rings. The minimum absolute atomic E-state index is 0.177. The molecule has 198 valence electrons. The van der Waals surface area contributed by atoms with Crippen LogP contribution in [-0.2, 0) is 0 Å². The summed E-state index contributed by atoms with van der Waals surface area (Å²) < 4.78 is 0. The van der Waals surface area contributed by atoms with Crippen molar-refractivity contribution in [2.45, 2.75) is 136 Å². The maximum absolute atomic E-state index is 10.2. The van der Waals surface area contributed by atoms with Gasteiger partial charge in [-0.3, -0.25) is 0 Å². The van der Waals surface area contributed by atoms with Crippen molar-refractivity contribution >= 4 is 0 Å². The lowest BCUT2D eigenvalue weighted by atomic mass is 9.47. The monoisotopic (exact) mass is 483 g/mol. The standard InChI is InChI=1S/C32H53NO2/c1-3-5-19-30-28(17-11-22-33)27(20-24-35)29(18-12-23-34)31(25-13-9-10-14-25)32(30,21-4-2)26-15-7-6-8-16-26/h25-26,31,34-35H,3-21,23-24H2,1-2H3. The topological polar surface area (TPSA) is 64.2 Å². The summed E-state index contributed by atoms with van der Waals surface area (Å²) in [7, 11) is 0. The molecular weight excluding hydrogens is 430 g/mol. The molecule has 0 heterocycles. The fraction of sp³-hybridized carbons (Fsp3) is 0.844. The van der Waals surface area contributed by atoms with Gasteiger partial charge in [0, 0.05) is 25.0 Å². The van der Waals surface area contributed by atoms with Gasteiger partial charge in [0.2, 0.25) is 0 Å². The van der Waals surface area contributed by atoms with Gasteiger partial charge in [0.15, 0.2) is 0 Å². The largest absolute Gasteiger partial charge is 0.396 e. The average Bonchev–Trinajstić information content (AvgIpc) is 3.41. The number of allylic oxidation sites excluding steroid dienone is 3. The first-order chi connectivity index (χ1) is 17.2. The van der Waals surface area contributed by atoms with Crippen molar-refractivity contribution in [2.75, 3.05) is 13.2 Å². The fourth-order valence-corrected chi connectivity index (χ4v) is 8.60. The first-order valence-electron chi connectivity index (χ1n) is 15.2. The first kappa shape index (κ1) is 28.5. The van der Waals surface area contributed by atoms with Gasteiger partial charge in [0.1, 0.15) is 0 Å². The van der Waals surface area contributed by atoms with E-state index in [2.05, 4.69) is 19.9 Å². The van der Waals surface area contributed by atoms with Gasteiger partial charge >= 0.3 is 0 Å². The Kier molecular flexibility index (Phi) is 11.9. The van der Waals surface area contributed by atoms with Crippen molar-refractivity contribution in [3.05, 3.63) is 22.3 Å². The van der Waals surface area contributed by atoms with Crippen LogP contribution in [0.1, 0.15) is 136 Å². The maximum atomic E-state index is 10.2. The summed E-state index contributed by atoms with van der Waals surface area (Å²) >= 11 is 0. The predicted molar refractivity (Wildman–Crippen MR) is 146 cm³/mol. The Bertz CT molecular complexity index is 748. The van der Waals surface area contributed by atoms with Gasteiger partial charge in [0.25, 0.3) is 0 Å². The van der Waals surface area contributed by atoms with Gasteiger partial charge in [-0.1, -0.05) is 69.9 Å². The van der Waals surface area contributed by atoms with E-state index in [1.807, 2.05) is 0 Å². The van der Waals surface area contributed by atoms with Gasteiger partial charge < -0.3 is 10.2 Å². The Morgan fingerprint density at radius 2 is 1.51 bits per heavy atom. The number of unbranched alkanes of at least 4 members (excludes halogenated alkanes) is 1. The SMILES string of the molecule is CCCCC1=C(CCC#N)C(CCO)=C(CCCO)C(C2CCCC2)C1(CCC)C1CCCCC1. The Balaban J connectivity index is 2.32. The summed E-state index contributed by atoms with van der Waals surface area (Å²) in [5, 5.41) is 29.7. The highest BCUT2D eigenvalue weighted by Crippen LogP contribution is 2.64. The van der Waals surface area contributed by atoms with E-state index in [1.54, 1.807) is 11.1 Å². The Morgan fingerprint density at radius 3 is 2.11 bits per heavy atom. The van der Waals surface area contributed by atoms with Crippen LogP contribution in [0.5, 0.6) is 0 Å². The van der Waals surface area contributed by atoms with Gasteiger partial charge in [-0.2, -0.15) is 5.26 Å². The van der Waals surface area contributed by atoms with Crippen molar-refractivity contribution < 1.29 is 10.2 Å². The van der Waals surface area contributed by atoms with Crippen LogP contribution in [0.25, 0.3) is 0 Å². The molecule has 0 aromatic heterocycles. The van der Waals surface area contributed by atoms with Gasteiger partial charge in [-0.25, -0.2) is 0 Å². The highest BCUT2D eigenvalue weighted by Gasteiger charge is 2.54.